The quantitative estimate of drug-likeness (QED) is 0.849. The molecule has 0 spiro atoms. The van der Waals surface area contributed by atoms with E-state index in [1.54, 1.807) is 0 Å². The lowest BCUT2D eigenvalue weighted by atomic mass is 9.98. The van der Waals surface area contributed by atoms with Crippen LogP contribution in [0.25, 0.3) is 11.1 Å². The van der Waals surface area contributed by atoms with E-state index < -0.39 is 0 Å². The third kappa shape index (κ3) is 3.61. The molecule has 0 amide bonds. The van der Waals surface area contributed by atoms with Crippen LogP contribution in [-0.2, 0) is 6.54 Å². The fourth-order valence-corrected chi connectivity index (χ4v) is 2.26. The summed E-state index contributed by atoms with van der Waals surface area (Å²) >= 11 is 0. The summed E-state index contributed by atoms with van der Waals surface area (Å²) < 4.78 is 5.49. The van der Waals surface area contributed by atoms with Gasteiger partial charge in [0.05, 0.1) is 6.61 Å². The number of benzene rings is 2. The standard InChI is InChI=1S/C18H23NO/c1-4-19-13-15-7-6-14(3)18(12-15)16-8-10-17(11-9-16)20-5-2/h6-12,19H,4-5,13H2,1-3H3. The van der Waals surface area contributed by atoms with Gasteiger partial charge in [-0.2, -0.15) is 0 Å². The van der Waals surface area contributed by atoms with Crippen LogP contribution in [0.15, 0.2) is 42.5 Å². The summed E-state index contributed by atoms with van der Waals surface area (Å²) in [5.74, 6) is 0.928. The molecule has 2 aromatic carbocycles. The lowest BCUT2D eigenvalue weighted by molar-refractivity contribution is 0.340. The van der Waals surface area contributed by atoms with Crippen LogP contribution in [0.5, 0.6) is 5.75 Å². The molecule has 0 atom stereocenters. The van der Waals surface area contributed by atoms with E-state index >= 15 is 0 Å². The fourth-order valence-electron chi connectivity index (χ4n) is 2.26. The summed E-state index contributed by atoms with van der Waals surface area (Å²) in [6, 6.07) is 15.0. The van der Waals surface area contributed by atoms with Gasteiger partial charge in [0.25, 0.3) is 0 Å². The molecule has 2 rings (SSSR count). The zero-order valence-electron chi connectivity index (χ0n) is 12.6. The Morgan fingerprint density at radius 2 is 1.75 bits per heavy atom. The molecule has 0 radical (unpaired) electrons. The molecule has 2 nitrogen and oxygen atoms in total. The van der Waals surface area contributed by atoms with E-state index in [1.165, 1.54) is 22.3 Å². The third-order valence-corrected chi connectivity index (χ3v) is 3.36. The Hall–Kier alpha value is -1.80. The van der Waals surface area contributed by atoms with Crippen molar-refractivity contribution in [1.29, 1.82) is 0 Å². The molecular weight excluding hydrogens is 246 g/mol. The first kappa shape index (κ1) is 14.6. The number of hydrogen-bond donors (Lipinski definition) is 1. The molecule has 20 heavy (non-hydrogen) atoms. The second kappa shape index (κ2) is 7.11. The minimum Gasteiger partial charge on any atom is -0.494 e. The fraction of sp³-hybridized carbons (Fsp3) is 0.333. The Balaban J connectivity index is 2.26. The molecule has 0 aromatic heterocycles. The van der Waals surface area contributed by atoms with E-state index in [4.69, 9.17) is 4.74 Å². The second-order valence-electron chi connectivity index (χ2n) is 4.89. The Morgan fingerprint density at radius 3 is 2.40 bits per heavy atom. The number of hydrogen-bond acceptors (Lipinski definition) is 2. The van der Waals surface area contributed by atoms with Crippen LogP contribution >= 0.6 is 0 Å². The van der Waals surface area contributed by atoms with Crippen molar-refractivity contribution < 1.29 is 4.74 Å². The molecule has 1 N–H and O–H groups in total. The van der Waals surface area contributed by atoms with E-state index in [1.807, 2.05) is 19.1 Å². The molecule has 106 valence electrons. The van der Waals surface area contributed by atoms with Gasteiger partial charge in [-0.3, -0.25) is 0 Å². The predicted octanol–water partition coefficient (Wildman–Crippen LogP) is 4.17. The molecule has 2 aromatic rings. The van der Waals surface area contributed by atoms with Gasteiger partial charge in [0, 0.05) is 6.54 Å². The summed E-state index contributed by atoms with van der Waals surface area (Å²) in [6.45, 7) is 8.90. The molecule has 0 unspecified atom stereocenters. The number of nitrogens with one attached hydrogen (secondary N) is 1. The summed E-state index contributed by atoms with van der Waals surface area (Å²) in [5.41, 5.74) is 5.16. The van der Waals surface area contributed by atoms with Crippen LogP contribution in [-0.4, -0.2) is 13.2 Å². The molecule has 0 aliphatic rings. The van der Waals surface area contributed by atoms with Gasteiger partial charge in [0.2, 0.25) is 0 Å². The smallest absolute Gasteiger partial charge is 0.119 e. The van der Waals surface area contributed by atoms with Gasteiger partial charge in [-0.1, -0.05) is 31.2 Å². The Morgan fingerprint density at radius 1 is 1.00 bits per heavy atom. The molecule has 0 aliphatic carbocycles. The van der Waals surface area contributed by atoms with E-state index in [-0.39, 0.29) is 0 Å². The molecular formula is C18H23NO. The van der Waals surface area contributed by atoms with Gasteiger partial charge >= 0.3 is 0 Å². The van der Waals surface area contributed by atoms with Gasteiger partial charge in [-0.15, -0.1) is 0 Å². The van der Waals surface area contributed by atoms with Crippen LogP contribution in [0.2, 0.25) is 0 Å². The highest BCUT2D eigenvalue weighted by atomic mass is 16.5. The highest BCUT2D eigenvalue weighted by molar-refractivity contribution is 5.68. The minimum absolute atomic E-state index is 0.705. The van der Waals surface area contributed by atoms with Crippen molar-refractivity contribution in [1.82, 2.24) is 5.32 Å². The van der Waals surface area contributed by atoms with Crippen LogP contribution in [0.3, 0.4) is 0 Å². The van der Waals surface area contributed by atoms with Gasteiger partial charge in [0.1, 0.15) is 5.75 Å². The molecule has 0 saturated heterocycles. The summed E-state index contributed by atoms with van der Waals surface area (Å²) in [6.07, 6.45) is 0. The molecule has 0 saturated carbocycles. The Labute approximate surface area is 121 Å². The van der Waals surface area contributed by atoms with Crippen LogP contribution < -0.4 is 10.1 Å². The van der Waals surface area contributed by atoms with Crippen molar-refractivity contribution in [2.24, 2.45) is 0 Å². The van der Waals surface area contributed by atoms with Gasteiger partial charge in [-0.05, 0) is 60.8 Å². The largest absolute Gasteiger partial charge is 0.494 e. The normalized spacial score (nSPS) is 10.6. The number of aryl methyl sites for hydroxylation is 1. The SMILES string of the molecule is CCNCc1ccc(C)c(-c2ccc(OCC)cc2)c1. The van der Waals surface area contributed by atoms with Crippen molar-refractivity contribution in [3.8, 4) is 16.9 Å². The topological polar surface area (TPSA) is 21.3 Å². The molecule has 0 aliphatic heterocycles. The summed E-state index contributed by atoms with van der Waals surface area (Å²) in [7, 11) is 0. The first-order valence-electron chi connectivity index (χ1n) is 7.28. The molecule has 0 heterocycles. The maximum Gasteiger partial charge on any atom is 0.119 e. The van der Waals surface area contributed by atoms with Gasteiger partial charge in [-0.25, -0.2) is 0 Å². The van der Waals surface area contributed by atoms with Gasteiger partial charge < -0.3 is 10.1 Å². The van der Waals surface area contributed by atoms with E-state index in [9.17, 15) is 0 Å². The van der Waals surface area contributed by atoms with Crippen LogP contribution in [0, 0.1) is 6.92 Å². The Bertz CT molecular complexity index is 546. The maximum atomic E-state index is 5.49. The first-order chi connectivity index (χ1) is 9.74. The van der Waals surface area contributed by atoms with Crippen LogP contribution in [0.1, 0.15) is 25.0 Å². The van der Waals surface area contributed by atoms with Crippen molar-refractivity contribution >= 4 is 0 Å². The third-order valence-electron chi connectivity index (χ3n) is 3.36. The van der Waals surface area contributed by atoms with E-state index in [0.29, 0.717) is 6.61 Å². The predicted molar refractivity (Wildman–Crippen MR) is 85.2 cm³/mol. The van der Waals surface area contributed by atoms with E-state index in [0.717, 1.165) is 18.8 Å². The van der Waals surface area contributed by atoms with E-state index in [2.05, 4.69) is 49.5 Å². The number of ether oxygens (including phenoxy) is 1. The summed E-state index contributed by atoms with van der Waals surface area (Å²) in [4.78, 5) is 0. The highest BCUT2D eigenvalue weighted by Crippen LogP contribution is 2.26. The zero-order chi connectivity index (χ0) is 14.4. The molecule has 2 heteroatoms. The summed E-state index contributed by atoms with van der Waals surface area (Å²) in [5, 5.41) is 3.37. The second-order valence-corrected chi connectivity index (χ2v) is 4.89. The molecule has 0 fully saturated rings. The first-order valence-corrected chi connectivity index (χ1v) is 7.28. The van der Waals surface area contributed by atoms with Crippen LogP contribution in [0.4, 0.5) is 0 Å². The van der Waals surface area contributed by atoms with Crippen molar-refractivity contribution in [2.75, 3.05) is 13.2 Å². The average molecular weight is 269 g/mol. The Kier molecular flexibility index (Phi) is 5.19. The zero-order valence-corrected chi connectivity index (χ0v) is 12.6. The number of rotatable bonds is 6. The van der Waals surface area contributed by atoms with Crippen molar-refractivity contribution in [3.63, 3.8) is 0 Å². The molecule has 0 bridgehead atoms. The average Bonchev–Trinajstić information content (AvgIpc) is 2.48. The lowest BCUT2D eigenvalue weighted by Crippen LogP contribution is -2.11. The van der Waals surface area contributed by atoms with Crippen molar-refractivity contribution in [2.45, 2.75) is 27.3 Å². The highest BCUT2D eigenvalue weighted by Gasteiger charge is 2.04. The van der Waals surface area contributed by atoms with Gasteiger partial charge in [0.15, 0.2) is 0 Å². The monoisotopic (exact) mass is 269 g/mol. The minimum atomic E-state index is 0.705. The van der Waals surface area contributed by atoms with Crippen molar-refractivity contribution in [3.05, 3.63) is 53.6 Å². The lowest BCUT2D eigenvalue weighted by Gasteiger charge is -2.11. The maximum absolute atomic E-state index is 5.49.